The summed E-state index contributed by atoms with van der Waals surface area (Å²) in [5.74, 6) is -2.30. The molecule has 1 fully saturated rings. The number of hydrogen-bond donors (Lipinski definition) is 1. The van der Waals surface area contributed by atoms with Crippen LogP contribution in [0.1, 0.15) is 27.1 Å². The van der Waals surface area contributed by atoms with Crippen molar-refractivity contribution in [3.05, 3.63) is 35.4 Å². The normalized spacial score (nSPS) is 20.7. The molecule has 0 bridgehead atoms. The highest BCUT2D eigenvalue weighted by molar-refractivity contribution is 6.20. The molecule has 1 aromatic carbocycles. The quantitative estimate of drug-likeness (QED) is 0.783. The maximum atomic E-state index is 12.0. The maximum Gasteiger partial charge on any atom is 0.407 e. The van der Waals surface area contributed by atoms with Crippen LogP contribution in [0.4, 0.5) is 4.79 Å². The lowest BCUT2D eigenvalue weighted by Crippen LogP contribution is -2.49. The molecule has 2 aliphatic heterocycles. The van der Waals surface area contributed by atoms with E-state index >= 15 is 0 Å². The van der Waals surface area contributed by atoms with Crippen molar-refractivity contribution in [2.75, 3.05) is 6.61 Å². The van der Waals surface area contributed by atoms with Crippen LogP contribution in [0.2, 0.25) is 0 Å². The fourth-order valence-electron chi connectivity index (χ4n) is 2.11. The summed E-state index contributed by atoms with van der Waals surface area (Å²) in [6, 6.07) is 5.21. The summed E-state index contributed by atoms with van der Waals surface area (Å²) < 4.78 is 4.62. The number of hydrogen-bond acceptors (Lipinski definition) is 6. The summed E-state index contributed by atoms with van der Waals surface area (Å²) in [6.07, 6.45) is -0.543. The number of carbonyl (C=O) groups excluding carboxylic acids is 4. The van der Waals surface area contributed by atoms with Gasteiger partial charge in [-0.1, -0.05) is 17.2 Å². The number of hydroxylamine groups is 2. The van der Waals surface area contributed by atoms with E-state index in [-0.39, 0.29) is 24.2 Å². The van der Waals surface area contributed by atoms with Gasteiger partial charge in [-0.2, -0.15) is 0 Å². The average Bonchev–Trinajstić information content (AvgIpc) is 2.73. The van der Waals surface area contributed by atoms with E-state index in [0.29, 0.717) is 5.06 Å². The van der Waals surface area contributed by atoms with Crippen LogP contribution in [-0.2, 0) is 14.4 Å². The van der Waals surface area contributed by atoms with Gasteiger partial charge in [0.15, 0.2) is 0 Å². The standard InChI is InChI=1S/C13H10N2O6/c16-10-7-3-1-2-4-8(7)11(17)15(10)21-12(18)9-5-6-20-13(19)14-9/h1-4,9H,5-6H2,(H,14,19). The number of carbonyl (C=O) groups is 4. The number of cyclic esters (lactones) is 1. The zero-order valence-corrected chi connectivity index (χ0v) is 10.7. The summed E-state index contributed by atoms with van der Waals surface area (Å²) >= 11 is 0. The average molecular weight is 290 g/mol. The molecule has 1 N–H and O–H groups in total. The van der Waals surface area contributed by atoms with E-state index in [0.717, 1.165) is 0 Å². The molecular formula is C13H10N2O6. The highest BCUT2D eigenvalue weighted by Gasteiger charge is 2.40. The topological polar surface area (TPSA) is 102 Å². The van der Waals surface area contributed by atoms with E-state index < -0.39 is 29.9 Å². The zero-order valence-electron chi connectivity index (χ0n) is 10.7. The van der Waals surface area contributed by atoms with Crippen molar-refractivity contribution in [1.29, 1.82) is 0 Å². The van der Waals surface area contributed by atoms with Crippen LogP contribution in [-0.4, -0.2) is 41.6 Å². The number of ether oxygens (including phenoxy) is 1. The Morgan fingerprint density at radius 1 is 1.19 bits per heavy atom. The molecule has 3 amide bonds. The predicted octanol–water partition coefficient (Wildman–Crippen LogP) is 0.239. The molecule has 1 saturated heterocycles. The van der Waals surface area contributed by atoms with Gasteiger partial charge in [-0.05, 0) is 12.1 Å². The third-order valence-electron chi connectivity index (χ3n) is 3.15. The van der Waals surface area contributed by atoms with Gasteiger partial charge in [-0.15, -0.1) is 0 Å². The minimum atomic E-state index is -0.949. The molecule has 21 heavy (non-hydrogen) atoms. The number of imide groups is 1. The van der Waals surface area contributed by atoms with E-state index in [4.69, 9.17) is 4.84 Å². The molecule has 2 heterocycles. The number of benzene rings is 1. The molecule has 8 nitrogen and oxygen atoms in total. The summed E-state index contributed by atoms with van der Waals surface area (Å²) in [6.45, 7) is 0.0632. The van der Waals surface area contributed by atoms with Crippen LogP contribution in [0.25, 0.3) is 0 Å². The minimum absolute atomic E-state index is 0.0632. The highest BCUT2D eigenvalue weighted by atomic mass is 16.7. The molecule has 0 aromatic heterocycles. The lowest BCUT2D eigenvalue weighted by atomic mass is 10.1. The van der Waals surface area contributed by atoms with Gasteiger partial charge in [0.2, 0.25) is 0 Å². The van der Waals surface area contributed by atoms with Gasteiger partial charge < -0.3 is 14.9 Å². The third kappa shape index (κ3) is 2.20. The smallest absolute Gasteiger partial charge is 0.407 e. The van der Waals surface area contributed by atoms with Crippen LogP contribution >= 0.6 is 0 Å². The van der Waals surface area contributed by atoms with Gasteiger partial charge >= 0.3 is 12.1 Å². The lowest BCUT2D eigenvalue weighted by Gasteiger charge is -2.23. The molecule has 0 saturated carbocycles. The summed E-state index contributed by atoms with van der Waals surface area (Å²) in [5.41, 5.74) is 0.345. The second-order valence-corrected chi connectivity index (χ2v) is 4.48. The van der Waals surface area contributed by atoms with Crippen molar-refractivity contribution in [1.82, 2.24) is 10.4 Å². The van der Waals surface area contributed by atoms with Gasteiger partial charge in [0.1, 0.15) is 6.04 Å². The number of fused-ring (bicyclic) bond motifs is 1. The Balaban J connectivity index is 1.74. The first-order valence-corrected chi connectivity index (χ1v) is 6.21. The molecule has 1 unspecified atom stereocenters. The summed E-state index contributed by atoms with van der Waals surface area (Å²) in [5, 5.41) is 2.67. The molecule has 0 aliphatic carbocycles. The monoisotopic (exact) mass is 290 g/mol. The Hall–Kier alpha value is -2.90. The van der Waals surface area contributed by atoms with Crippen LogP contribution in [0.5, 0.6) is 0 Å². The summed E-state index contributed by atoms with van der Waals surface area (Å²) in [7, 11) is 0. The van der Waals surface area contributed by atoms with E-state index in [1.54, 1.807) is 12.1 Å². The summed E-state index contributed by atoms with van der Waals surface area (Å²) in [4.78, 5) is 51.8. The van der Waals surface area contributed by atoms with Gasteiger partial charge in [-0.3, -0.25) is 9.59 Å². The van der Waals surface area contributed by atoms with E-state index in [1.807, 2.05) is 0 Å². The predicted molar refractivity (Wildman–Crippen MR) is 65.9 cm³/mol. The lowest BCUT2D eigenvalue weighted by molar-refractivity contribution is -0.172. The van der Waals surface area contributed by atoms with Crippen molar-refractivity contribution in [2.24, 2.45) is 0 Å². The highest BCUT2D eigenvalue weighted by Crippen LogP contribution is 2.23. The van der Waals surface area contributed by atoms with E-state index in [1.165, 1.54) is 12.1 Å². The molecule has 0 radical (unpaired) electrons. The SMILES string of the molecule is O=C1NC(C(=O)ON2C(=O)c3ccccc3C2=O)CCO1. The second kappa shape index (κ2) is 4.89. The van der Waals surface area contributed by atoms with E-state index in [2.05, 4.69) is 10.1 Å². The molecular weight excluding hydrogens is 280 g/mol. The van der Waals surface area contributed by atoms with Crippen LogP contribution in [0, 0.1) is 0 Å². The molecule has 1 atom stereocenters. The van der Waals surface area contributed by atoms with Crippen molar-refractivity contribution >= 4 is 23.9 Å². The Kier molecular flexibility index (Phi) is 3.05. The Morgan fingerprint density at radius 3 is 2.38 bits per heavy atom. The van der Waals surface area contributed by atoms with Crippen molar-refractivity contribution < 1.29 is 28.8 Å². The molecule has 1 aromatic rings. The van der Waals surface area contributed by atoms with Gasteiger partial charge in [-0.25, -0.2) is 9.59 Å². The van der Waals surface area contributed by atoms with Crippen LogP contribution in [0.3, 0.4) is 0 Å². The fourth-order valence-corrected chi connectivity index (χ4v) is 2.11. The number of rotatable bonds is 2. The van der Waals surface area contributed by atoms with Gasteiger partial charge in [0.05, 0.1) is 17.7 Å². The largest absolute Gasteiger partial charge is 0.449 e. The van der Waals surface area contributed by atoms with Crippen LogP contribution < -0.4 is 5.32 Å². The first kappa shape index (κ1) is 13.1. The Morgan fingerprint density at radius 2 is 1.81 bits per heavy atom. The van der Waals surface area contributed by atoms with Crippen molar-refractivity contribution in [3.63, 3.8) is 0 Å². The van der Waals surface area contributed by atoms with Gasteiger partial charge in [0.25, 0.3) is 11.8 Å². The Bertz CT molecular complexity index is 621. The van der Waals surface area contributed by atoms with Crippen LogP contribution in [0.15, 0.2) is 24.3 Å². The molecule has 108 valence electrons. The minimum Gasteiger partial charge on any atom is -0.449 e. The number of nitrogens with zero attached hydrogens (tertiary/aromatic N) is 1. The Labute approximate surface area is 118 Å². The van der Waals surface area contributed by atoms with Crippen molar-refractivity contribution in [2.45, 2.75) is 12.5 Å². The number of nitrogens with one attached hydrogen (secondary N) is 1. The first-order valence-electron chi connectivity index (χ1n) is 6.21. The molecule has 0 spiro atoms. The molecule has 8 heteroatoms. The molecule has 3 rings (SSSR count). The number of alkyl carbamates (subject to hydrolysis) is 1. The maximum absolute atomic E-state index is 12.0. The number of amides is 3. The third-order valence-corrected chi connectivity index (χ3v) is 3.15. The zero-order chi connectivity index (χ0) is 15.0. The second-order valence-electron chi connectivity index (χ2n) is 4.48. The van der Waals surface area contributed by atoms with Gasteiger partial charge in [0, 0.05) is 6.42 Å². The van der Waals surface area contributed by atoms with Crippen molar-refractivity contribution in [3.8, 4) is 0 Å². The fraction of sp³-hybridized carbons (Fsp3) is 0.231. The molecule has 2 aliphatic rings. The van der Waals surface area contributed by atoms with E-state index in [9.17, 15) is 19.2 Å². The first-order chi connectivity index (χ1) is 10.1.